The first-order chi connectivity index (χ1) is 13.0. The SMILES string of the molecule is C=C(C)C(=O)N(N=O)C(=O)C1=CNC2CCN(Cc3ccccc3)CC2=C1. The van der Waals surface area contributed by atoms with E-state index >= 15 is 0 Å². The fourth-order valence-electron chi connectivity index (χ4n) is 3.28. The summed E-state index contributed by atoms with van der Waals surface area (Å²) in [5, 5.41) is 6.09. The highest BCUT2D eigenvalue weighted by atomic mass is 16.3. The van der Waals surface area contributed by atoms with Gasteiger partial charge >= 0.3 is 0 Å². The van der Waals surface area contributed by atoms with E-state index in [1.54, 1.807) is 12.3 Å². The summed E-state index contributed by atoms with van der Waals surface area (Å²) in [5.74, 6) is -1.55. The number of carbonyl (C=O) groups excluding carboxylic acids is 2. The van der Waals surface area contributed by atoms with Crippen LogP contribution in [0.25, 0.3) is 0 Å². The molecule has 0 bridgehead atoms. The number of nitroso groups, excluding NO2 is 1. The molecule has 1 fully saturated rings. The fourth-order valence-corrected chi connectivity index (χ4v) is 3.28. The summed E-state index contributed by atoms with van der Waals surface area (Å²) in [6.45, 7) is 7.37. The van der Waals surface area contributed by atoms with E-state index in [9.17, 15) is 14.5 Å². The molecule has 1 saturated heterocycles. The van der Waals surface area contributed by atoms with Crippen LogP contribution in [0.1, 0.15) is 18.9 Å². The van der Waals surface area contributed by atoms with Crippen LogP contribution in [0.15, 0.2) is 71.2 Å². The van der Waals surface area contributed by atoms with E-state index in [-0.39, 0.29) is 17.2 Å². The number of rotatable bonds is 5. The maximum atomic E-state index is 12.5. The Balaban J connectivity index is 1.73. The molecule has 1 atom stereocenters. The van der Waals surface area contributed by atoms with Gasteiger partial charge in [0.05, 0.1) is 10.9 Å². The molecule has 7 heteroatoms. The first-order valence-corrected chi connectivity index (χ1v) is 8.80. The van der Waals surface area contributed by atoms with Crippen LogP contribution in [0.5, 0.6) is 0 Å². The van der Waals surface area contributed by atoms with Crippen LogP contribution >= 0.6 is 0 Å². The van der Waals surface area contributed by atoms with Crippen molar-refractivity contribution in [2.24, 2.45) is 5.29 Å². The Morgan fingerprint density at radius 1 is 1.33 bits per heavy atom. The van der Waals surface area contributed by atoms with Crippen molar-refractivity contribution < 1.29 is 9.59 Å². The highest BCUT2D eigenvalue weighted by Gasteiger charge is 2.31. The first kappa shape index (κ1) is 18.7. The number of likely N-dealkylation sites (tertiary alicyclic amines) is 1. The number of nitrogens with zero attached hydrogens (tertiary/aromatic N) is 3. The number of benzene rings is 1. The average molecular weight is 366 g/mol. The third kappa shape index (κ3) is 4.20. The largest absolute Gasteiger partial charge is 0.384 e. The van der Waals surface area contributed by atoms with Gasteiger partial charge in [-0.2, -0.15) is 0 Å². The van der Waals surface area contributed by atoms with Gasteiger partial charge in [-0.05, 0) is 30.6 Å². The van der Waals surface area contributed by atoms with E-state index in [2.05, 4.69) is 34.2 Å². The molecule has 0 aromatic heterocycles. The number of imide groups is 1. The Bertz CT molecular complexity index is 829. The molecule has 0 spiro atoms. The van der Waals surface area contributed by atoms with Crippen LogP contribution in [0.4, 0.5) is 0 Å². The number of dihydropyridines is 1. The lowest BCUT2D eigenvalue weighted by Crippen LogP contribution is -2.45. The molecule has 1 unspecified atom stereocenters. The third-order valence-corrected chi connectivity index (χ3v) is 4.70. The average Bonchev–Trinajstić information content (AvgIpc) is 2.68. The van der Waals surface area contributed by atoms with Gasteiger partial charge in [-0.3, -0.25) is 14.5 Å². The highest BCUT2D eigenvalue weighted by Crippen LogP contribution is 2.24. The minimum atomic E-state index is -0.800. The predicted octanol–water partition coefficient (Wildman–Crippen LogP) is 2.29. The number of carbonyl (C=O) groups is 2. The van der Waals surface area contributed by atoms with Gasteiger partial charge in [0.2, 0.25) is 0 Å². The van der Waals surface area contributed by atoms with Crippen molar-refractivity contribution in [3.8, 4) is 0 Å². The van der Waals surface area contributed by atoms with Crippen LogP contribution in [0, 0.1) is 4.91 Å². The van der Waals surface area contributed by atoms with Crippen LogP contribution in [-0.4, -0.2) is 40.9 Å². The van der Waals surface area contributed by atoms with E-state index in [0.29, 0.717) is 11.6 Å². The maximum Gasteiger partial charge on any atom is 0.285 e. The zero-order chi connectivity index (χ0) is 19.4. The lowest BCUT2D eigenvalue weighted by molar-refractivity contribution is -0.140. The molecule has 1 N–H and O–H groups in total. The van der Waals surface area contributed by atoms with Gasteiger partial charge in [0, 0.05) is 37.4 Å². The smallest absolute Gasteiger partial charge is 0.285 e. The van der Waals surface area contributed by atoms with Crippen LogP contribution in [0.3, 0.4) is 0 Å². The second kappa shape index (κ2) is 8.09. The van der Waals surface area contributed by atoms with Crippen molar-refractivity contribution >= 4 is 11.8 Å². The van der Waals surface area contributed by atoms with Crippen molar-refractivity contribution in [3.05, 3.63) is 76.4 Å². The highest BCUT2D eigenvalue weighted by molar-refractivity contribution is 6.10. The summed E-state index contributed by atoms with van der Waals surface area (Å²) in [6.07, 6.45) is 4.22. The van der Waals surface area contributed by atoms with Crippen molar-refractivity contribution in [1.29, 1.82) is 0 Å². The molecular weight excluding hydrogens is 344 g/mol. The van der Waals surface area contributed by atoms with Gasteiger partial charge < -0.3 is 5.32 Å². The lowest BCUT2D eigenvalue weighted by Gasteiger charge is -2.36. The molecule has 0 radical (unpaired) electrons. The zero-order valence-electron chi connectivity index (χ0n) is 15.2. The van der Waals surface area contributed by atoms with Gasteiger partial charge in [-0.1, -0.05) is 36.9 Å². The minimum absolute atomic E-state index is 0.0737. The predicted molar refractivity (Wildman–Crippen MR) is 102 cm³/mol. The van der Waals surface area contributed by atoms with Crippen molar-refractivity contribution in [3.63, 3.8) is 0 Å². The molecular formula is C20H22N4O3. The van der Waals surface area contributed by atoms with Gasteiger partial charge in [-0.25, -0.2) is 0 Å². The number of hydrogen-bond donors (Lipinski definition) is 1. The number of nitrogens with one attached hydrogen (secondary N) is 1. The molecule has 7 nitrogen and oxygen atoms in total. The van der Waals surface area contributed by atoms with Gasteiger partial charge in [0.1, 0.15) is 0 Å². The summed E-state index contributed by atoms with van der Waals surface area (Å²) in [7, 11) is 0. The topological polar surface area (TPSA) is 82.1 Å². The third-order valence-electron chi connectivity index (χ3n) is 4.70. The molecule has 3 rings (SSSR count). The summed E-state index contributed by atoms with van der Waals surface area (Å²) >= 11 is 0. The number of piperidine rings is 1. The molecule has 0 saturated carbocycles. The number of hydrogen-bond acceptors (Lipinski definition) is 6. The van der Waals surface area contributed by atoms with E-state index in [1.165, 1.54) is 12.5 Å². The molecule has 2 aliphatic heterocycles. The second-order valence-corrected chi connectivity index (χ2v) is 6.81. The summed E-state index contributed by atoms with van der Waals surface area (Å²) in [4.78, 5) is 37.8. The van der Waals surface area contributed by atoms with E-state index in [0.717, 1.165) is 25.1 Å². The molecule has 27 heavy (non-hydrogen) atoms. The Hall–Kier alpha value is -3.06. The number of fused-ring (bicyclic) bond motifs is 1. The first-order valence-electron chi connectivity index (χ1n) is 8.80. The molecule has 1 aromatic rings. The Labute approximate surface area is 158 Å². The van der Waals surface area contributed by atoms with E-state index in [1.807, 2.05) is 18.2 Å². The Morgan fingerprint density at radius 3 is 2.74 bits per heavy atom. The minimum Gasteiger partial charge on any atom is -0.384 e. The molecule has 2 amide bonds. The summed E-state index contributed by atoms with van der Waals surface area (Å²) in [6, 6.07) is 10.4. The normalized spacial score (nSPS) is 19.1. The van der Waals surface area contributed by atoms with Crippen molar-refractivity contribution in [2.75, 3.05) is 13.1 Å². The lowest BCUT2D eigenvalue weighted by atomic mass is 9.93. The van der Waals surface area contributed by atoms with Crippen molar-refractivity contribution in [1.82, 2.24) is 15.2 Å². The second-order valence-electron chi connectivity index (χ2n) is 6.81. The van der Waals surface area contributed by atoms with Crippen LogP contribution in [0.2, 0.25) is 0 Å². The monoisotopic (exact) mass is 366 g/mol. The Morgan fingerprint density at radius 2 is 2.07 bits per heavy atom. The summed E-state index contributed by atoms with van der Waals surface area (Å²) < 4.78 is 0. The standard InChI is InChI=1S/C20H22N4O3/c1-14(2)19(25)24(22-27)20(26)16-10-17-13-23(9-8-18(17)21-11-16)12-15-6-4-3-5-7-15/h3-7,10-11,18,21H,1,8-9,12-13H2,2H3. The van der Waals surface area contributed by atoms with E-state index < -0.39 is 11.8 Å². The quantitative estimate of drug-likeness (QED) is 0.491. The van der Waals surface area contributed by atoms with Crippen LogP contribution in [-0.2, 0) is 16.1 Å². The fraction of sp³-hybridized carbons (Fsp3) is 0.300. The number of amides is 2. The zero-order valence-corrected chi connectivity index (χ0v) is 15.2. The molecule has 2 aliphatic rings. The van der Waals surface area contributed by atoms with E-state index in [4.69, 9.17) is 0 Å². The molecule has 2 heterocycles. The van der Waals surface area contributed by atoms with Gasteiger partial charge in [0.25, 0.3) is 11.8 Å². The van der Waals surface area contributed by atoms with Gasteiger partial charge in [0.15, 0.2) is 0 Å². The Kier molecular flexibility index (Phi) is 5.61. The molecule has 140 valence electrons. The molecule has 0 aliphatic carbocycles. The maximum absolute atomic E-state index is 12.5. The molecule has 1 aromatic carbocycles. The van der Waals surface area contributed by atoms with Gasteiger partial charge in [-0.15, -0.1) is 9.92 Å². The van der Waals surface area contributed by atoms with Crippen LogP contribution < -0.4 is 5.32 Å². The summed E-state index contributed by atoms with van der Waals surface area (Å²) in [5.41, 5.74) is 2.59. The van der Waals surface area contributed by atoms with Crippen molar-refractivity contribution in [2.45, 2.75) is 25.9 Å².